The number of nitrogens with zero attached hydrogens (tertiary/aromatic N) is 6. The predicted octanol–water partition coefficient (Wildman–Crippen LogP) is 2.56. The molecule has 0 spiro atoms. The molecular formula is C18H17FN6O2. The first-order chi connectivity index (χ1) is 13.1. The first kappa shape index (κ1) is 16.1. The van der Waals surface area contributed by atoms with Gasteiger partial charge in [0.25, 0.3) is 5.91 Å². The number of amides is 1. The lowest BCUT2D eigenvalue weighted by atomic mass is 10.1. The van der Waals surface area contributed by atoms with E-state index in [1.165, 1.54) is 24.3 Å². The quantitative estimate of drug-likeness (QED) is 0.706. The summed E-state index contributed by atoms with van der Waals surface area (Å²) < 4.78 is 20.4. The van der Waals surface area contributed by atoms with Crippen molar-refractivity contribution >= 4 is 5.91 Å². The van der Waals surface area contributed by atoms with E-state index in [-0.39, 0.29) is 17.8 Å². The van der Waals surface area contributed by atoms with E-state index < -0.39 is 0 Å². The third-order valence-corrected chi connectivity index (χ3v) is 5.11. The van der Waals surface area contributed by atoms with Gasteiger partial charge in [-0.3, -0.25) is 4.79 Å². The van der Waals surface area contributed by atoms with Crippen LogP contribution in [0.1, 0.15) is 53.8 Å². The molecule has 0 saturated heterocycles. The molecule has 0 radical (unpaired) electrons. The maximum Gasteiger partial charge on any atom is 0.254 e. The molecule has 138 valence electrons. The predicted molar refractivity (Wildman–Crippen MR) is 91.1 cm³/mol. The van der Waals surface area contributed by atoms with Gasteiger partial charge >= 0.3 is 0 Å². The molecule has 1 aliphatic heterocycles. The summed E-state index contributed by atoms with van der Waals surface area (Å²) in [7, 11) is 0. The standard InChI is InChI=1S/C18H17FN6O2/c1-10-15-21-22-16(14-20-17(27-23-14)11-2-3-11)25(15)9-8-24(10)18(26)12-4-6-13(19)7-5-12/h4-7,10-11H,2-3,8-9H2,1H3/t10-/m1/s1. The van der Waals surface area contributed by atoms with Gasteiger partial charge in [-0.25, -0.2) is 4.39 Å². The van der Waals surface area contributed by atoms with E-state index in [0.717, 1.165) is 12.8 Å². The van der Waals surface area contributed by atoms with Crippen LogP contribution in [0, 0.1) is 5.82 Å². The first-order valence-corrected chi connectivity index (χ1v) is 8.95. The minimum atomic E-state index is -0.367. The van der Waals surface area contributed by atoms with Crippen LogP contribution in [0.2, 0.25) is 0 Å². The van der Waals surface area contributed by atoms with E-state index >= 15 is 0 Å². The van der Waals surface area contributed by atoms with E-state index in [9.17, 15) is 9.18 Å². The molecule has 5 rings (SSSR count). The number of hydrogen-bond acceptors (Lipinski definition) is 6. The van der Waals surface area contributed by atoms with Gasteiger partial charge in [0.2, 0.25) is 17.5 Å². The zero-order chi connectivity index (χ0) is 18.5. The van der Waals surface area contributed by atoms with Crippen LogP contribution < -0.4 is 0 Å². The molecule has 0 N–H and O–H groups in total. The molecule has 0 unspecified atom stereocenters. The van der Waals surface area contributed by atoms with Gasteiger partial charge in [-0.2, -0.15) is 4.98 Å². The average molecular weight is 368 g/mol. The Morgan fingerprint density at radius 2 is 1.96 bits per heavy atom. The summed E-state index contributed by atoms with van der Waals surface area (Å²) in [6.07, 6.45) is 2.16. The molecule has 8 nitrogen and oxygen atoms in total. The van der Waals surface area contributed by atoms with Gasteiger partial charge in [0.1, 0.15) is 5.82 Å². The number of benzene rings is 1. The van der Waals surface area contributed by atoms with Crippen molar-refractivity contribution in [3.63, 3.8) is 0 Å². The fourth-order valence-corrected chi connectivity index (χ4v) is 3.41. The summed E-state index contributed by atoms with van der Waals surface area (Å²) in [5, 5.41) is 12.5. The van der Waals surface area contributed by atoms with Gasteiger partial charge in [-0.05, 0) is 44.0 Å². The van der Waals surface area contributed by atoms with Crippen molar-refractivity contribution < 1.29 is 13.7 Å². The van der Waals surface area contributed by atoms with Gasteiger partial charge < -0.3 is 14.0 Å². The van der Waals surface area contributed by atoms with E-state index in [2.05, 4.69) is 20.3 Å². The fourth-order valence-electron chi connectivity index (χ4n) is 3.41. The molecule has 27 heavy (non-hydrogen) atoms. The number of aromatic nitrogens is 5. The Balaban J connectivity index is 1.42. The van der Waals surface area contributed by atoms with Crippen LogP contribution in [-0.4, -0.2) is 42.3 Å². The van der Waals surface area contributed by atoms with Gasteiger partial charge in [-0.15, -0.1) is 10.2 Å². The highest BCUT2D eigenvalue weighted by molar-refractivity contribution is 5.94. The second kappa shape index (κ2) is 5.97. The van der Waals surface area contributed by atoms with E-state index in [1.54, 1.807) is 4.90 Å². The molecule has 3 heterocycles. The smallest absolute Gasteiger partial charge is 0.254 e. The number of halogens is 1. The fraction of sp³-hybridized carbons (Fsp3) is 0.389. The maximum absolute atomic E-state index is 13.1. The molecule has 1 amide bonds. The SMILES string of the molecule is C[C@@H]1c2nnc(-c3noc(C4CC4)n3)n2CCN1C(=O)c1ccc(F)cc1. The van der Waals surface area contributed by atoms with Crippen molar-refractivity contribution in [3.8, 4) is 11.6 Å². The highest BCUT2D eigenvalue weighted by Crippen LogP contribution is 2.39. The molecule has 0 bridgehead atoms. The molecular weight excluding hydrogens is 351 g/mol. The minimum absolute atomic E-state index is 0.158. The second-order valence-electron chi connectivity index (χ2n) is 6.95. The summed E-state index contributed by atoms with van der Waals surface area (Å²) in [4.78, 5) is 19.0. The molecule has 1 fully saturated rings. The van der Waals surface area contributed by atoms with Crippen molar-refractivity contribution in [1.29, 1.82) is 0 Å². The lowest BCUT2D eigenvalue weighted by Gasteiger charge is -2.33. The Morgan fingerprint density at radius 1 is 1.19 bits per heavy atom. The van der Waals surface area contributed by atoms with Gasteiger partial charge in [0, 0.05) is 24.6 Å². The van der Waals surface area contributed by atoms with Crippen molar-refractivity contribution in [2.24, 2.45) is 0 Å². The Hall–Kier alpha value is -3.10. The molecule has 1 aliphatic carbocycles. The monoisotopic (exact) mass is 368 g/mol. The average Bonchev–Trinajstić information content (AvgIpc) is 3.24. The Morgan fingerprint density at radius 3 is 2.70 bits per heavy atom. The minimum Gasteiger partial charge on any atom is -0.339 e. The van der Waals surface area contributed by atoms with Gasteiger partial charge in [0.05, 0.1) is 6.04 Å². The third kappa shape index (κ3) is 2.70. The van der Waals surface area contributed by atoms with Crippen molar-refractivity contribution in [3.05, 3.63) is 47.4 Å². The Kier molecular flexibility index (Phi) is 3.56. The van der Waals surface area contributed by atoms with E-state index in [4.69, 9.17) is 4.52 Å². The second-order valence-corrected chi connectivity index (χ2v) is 6.95. The van der Waals surface area contributed by atoms with Crippen molar-refractivity contribution in [2.75, 3.05) is 6.54 Å². The largest absolute Gasteiger partial charge is 0.339 e. The number of rotatable bonds is 3. The molecule has 3 aromatic rings. The van der Waals surface area contributed by atoms with Crippen LogP contribution in [0.4, 0.5) is 4.39 Å². The Bertz CT molecular complexity index is 1010. The normalized spacial score (nSPS) is 19.2. The third-order valence-electron chi connectivity index (χ3n) is 5.11. The number of carbonyl (C=O) groups is 1. The van der Waals surface area contributed by atoms with Gasteiger partial charge in [0.15, 0.2) is 5.82 Å². The topological polar surface area (TPSA) is 89.9 Å². The van der Waals surface area contributed by atoms with Crippen LogP contribution in [0.25, 0.3) is 11.6 Å². The summed E-state index contributed by atoms with van der Waals surface area (Å²) in [6, 6.07) is 5.29. The van der Waals surface area contributed by atoms with E-state index in [0.29, 0.717) is 47.9 Å². The maximum atomic E-state index is 13.1. The molecule has 2 aromatic heterocycles. The van der Waals surface area contributed by atoms with Crippen LogP contribution in [0.15, 0.2) is 28.8 Å². The summed E-state index contributed by atoms with van der Waals surface area (Å²) in [5.74, 6) is 2.16. The molecule has 2 aliphatic rings. The van der Waals surface area contributed by atoms with Crippen LogP contribution in [-0.2, 0) is 6.54 Å². The number of hydrogen-bond donors (Lipinski definition) is 0. The summed E-state index contributed by atoms with van der Waals surface area (Å²) in [5.41, 5.74) is 0.448. The Labute approximate surface area is 154 Å². The van der Waals surface area contributed by atoms with Crippen molar-refractivity contribution in [2.45, 2.75) is 38.3 Å². The number of fused-ring (bicyclic) bond motifs is 1. The van der Waals surface area contributed by atoms with E-state index in [1.807, 2.05) is 11.5 Å². The van der Waals surface area contributed by atoms with Crippen LogP contribution in [0.3, 0.4) is 0 Å². The lowest BCUT2D eigenvalue weighted by Crippen LogP contribution is -2.41. The molecule has 1 saturated carbocycles. The van der Waals surface area contributed by atoms with Crippen LogP contribution in [0.5, 0.6) is 0 Å². The van der Waals surface area contributed by atoms with Crippen molar-refractivity contribution in [1.82, 2.24) is 29.8 Å². The zero-order valence-corrected chi connectivity index (χ0v) is 14.7. The first-order valence-electron chi connectivity index (χ1n) is 8.95. The molecule has 9 heteroatoms. The molecule has 1 atom stereocenters. The highest BCUT2D eigenvalue weighted by Gasteiger charge is 2.34. The van der Waals surface area contributed by atoms with Gasteiger partial charge in [-0.1, -0.05) is 5.16 Å². The highest BCUT2D eigenvalue weighted by atomic mass is 19.1. The molecule has 1 aromatic carbocycles. The number of carbonyl (C=O) groups excluding carboxylic acids is 1. The van der Waals surface area contributed by atoms with Crippen LogP contribution >= 0.6 is 0 Å². The lowest BCUT2D eigenvalue weighted by molar-refractivity contribution is 0.0638. The summed E-state index contributed by atoms with van der Waals surface area (Å²) >= 11 is 0. The zero-order valence-electron chi connectivity index (χ0n) is 14.7. The summed E-state index contributed by atoms with van der Waals surface area (Å²) in [6.45, 7) is 2.92.